The summed E-state index contributed by atoms with van der Waals surface area (Å²) in [7, 11) is 0. The maximum atomic E-state index is 12.7. The molecule has 4 aromatic carbocycles. The number of benzene rings is 4. The number of hydrogen-bond donors (Lipinski definition) is 1. The van der Waals surface area contributed by atoms with E-state index in [4.69, 9.17) is 0 Å². The van der Waals surface area contributed by atoms with Crippen LogP contribution in [0.2, 0.25) is 0 Å². The van der Waals surface area contributed by atoms with Gasteiger partial charge in [0.05, 0.1) is 17.7 Å². The highest BCUT2D eigenvalue weighted by molar-refractivity contribution is 6.21. The van der Waals surface area contributed by atoms with E-state index in [0.29, 0.717) is 17.7 Å². The third kappa shape index (κ3) is 3.12. The molecule has 0 bridgehead atoms. The zero-order valence-electron chi connectivity index (χ0n) is 16.3. The van der Waals surface area contributed by atoms with E-state index in [1.54, 1.807) is 24.3 Å². The number of fused-ring (bicyclic) bond motifs is 2. The van der Waals surface area contributed by atoms with Crippen LogP contribution in [-0.2, 0) is 13.1 Å². The molecule has 1 aliphatic heterocycles. The molecule has 4 nitrogen and oxygen atoms in total. The van der Waals surface area contributed by atoms with E-state index >= 15 is 0 Å². The van der Waals surface area contributed by atoms with E-state index in [1.165, 1.54) is 10.3 Å². The Morgan fingerprint density at radius 1 is 0.633 bits per heavy atom. The number of amides is 2. The molecule has 30 heavy (non-hydrogen) atoms. The molecule has 5 rings (SSSR count). The molecule has 1 N–H and O–H groups in total. The van der Waals surface area contributed by atoms with Crippen molar-refractivity contribution in [3.63, 3.8) is 0 Å². The van der Waals surface area contributed by atoms with Crippen molar-refractivity contribution in [1.29, 1.82) is 0 Å². The van der Waals surface area contributed by atoms with Gasteiger partial charge in [-0.1, -0.05) is 72.8 Å². The number of nitrogens with zero attached hydrogens (tertiary/aromatic N) is 1. The third-order valence-corrected chi connectivity index (χ3v) is 5.58. The monoisotopic (exact) mass is 392 g/mol. The maximum Gasteiger partial charge on any atom is 0.261 e. The molecule has 0 atom stereocenters. The molecule has 0 saturated heterocycles. The summed E-state index contributed by atoms with van der Waals surface area (Å²) < 4.78 is 0. The molecule has 1 aliphatic rings. The molecule has 0 fully saturated rings. The molecule has 1 heterocycles. The molecule has 4 aromatic rings. The van der Waals surface area contributed by atoms with Crippen molar-refractivity contribution >= 4 is 28.3 Å². The molecule has 0 radical (unpaired) electrons. The predicted molar refractivity (Wildman–Crippen MR) is 118 cm³/mol. The Kier molecular flexibility index (Phi) is 4.52. The molecular formula is C26H20N2O2. The Morgan fingerprint density at radius 3 is 2.00 bits per heavy atom. The number of imide groups is 1. The Balaban J connectivity index is 1.39. The fourth-order valence-electron chi connectivity index (χ4n) is 4.01. The van der Waals surface area contributed by atoms with Crippen molar-refractivity contribution < 1.29 is 9.59 Å². The molecule has 146 valence electrons. The average Bonchev–Trinajstić information content (AvgIpc) is 3.03. The summed E-state index contributed by atoms with van der Waals surface area (Å²) in [5.74, 6) is -0.458. The van der Waals surface area contributed by atoms with Crippen LogP contribution in [-0.4, -0.2) is 16.7 Å². The average molecular weight is 392 g/mol. The van der Waals surface area contributed by atoms with Gasteiger partial charge in [0.2, 0.25) is 0 Å². The van der Waals surface area contributed by atoms with Crippen LogP contribution < -0.4 is 5.32 Å². The minimum Gasteiger partial charge on any atom is -0.380 e. The van der Waals surface area contributed by atoms with Crippen LogP contribution in [0.3, 0.4) is 0 Å². The summed E-state index contributed by atoms with van der Waals surface area (Å²) in [4.78, 5) is 26.8. The predicted octanol–water partition coefficient (Wildman–Crippen LogP) is 5.25. The summed E-state index contributed by atoms with van der Waals surface area (Å²) in [6, 6.07) is 29.4. The second-order valence-electron chi connectivity index (χ2n) is 7.39. The number of hydrogen-bond acceptors (Lipinski definition) is 3. The van der Waals surface area contributed by atoms with Crippen LogP contribution >= 0.6 is 0 Å². The summed E-state index contributed by atoms with van der Waals surface area (Å²) in [6.45, 7) is 0.868. The standard InChI is InChI=1S/C26H20N2O2/c29-25-22-13-5-6-14-23(22)26(30)28(25)17-20-10-2-1-9-19(20)16-27-24-15-7-11-18-8-3-4-12-21(18)24/h1-15,27H,16-17H2. The topological polar surface area (TPSA) is 49.4 Å². The molecule has 4 heteroatoms. The normalized spacial score (nSPS) is 13.0. The summed E-state index contributed by atoms with van der Waals surface area (Å²) in [5, 5.41) is 5.87. The van der Waals surface area contributed by atoms with Crippen molar-refractivity contribution in [3.05, 3.63) is 113 Å². The van der Waals surface area contributed by atoms with Crippen molar-refractivity contribution in [2.75, 3.05) is 5.32 Å². The Labute approximate surface area is 174 Å². The number of carbonyl (C=O) groups excluding carboxylic acids is 2. The first-order valence-electron chi connectivity index (χ1n) is 9.96. The smallest absolute Gasteiger partial charge is 0.261 e. The van der Waals surface area contributed by atoms with Crippen LogP contribution in [0.25, 0.3) is 10.8 Å². The van der Waals surface area contributed by atoms with Crippen LogP contribution in [0.5, 0.6) is 0 Å². The lowest BCUT2D eigenvalue weighted by Crippen LogP contribution is -2.29. The van der Waals surface area contributed by atoms with E-state index < -0.39 is 0 Å². The number of anilines is 1. The Hall–Kier alpha value is -3.92. The number of rotatable bonds is 5. The van der Waals surface area contributed by atoms with Crippen LogP contribution in [0.4, 0.5) is 5.69 Å². The van der Waals surface area contributed by atoms with Gasteiger partial charge < -0.3 is 5.32 Å². The van der Waals surface area contributed by atoms with E-state index in [2.05, 4.69) is 29.6 Å². The van der Waals surface area contributed by atoms with Gasteiger partial charge in [0.1, 0.15) is 0 Å². The highest BCUT2D eigenvalue weighted by atomic mass is 16.2. The Bertz CT molecular complexity index is 1240. The molecule has 2 amide bonds. The second-order valence-corrected chi connectivity index (χ2v) is 7.39. The highest BCUT2D eigenvalue weighted by Crippen LogP contribution is 2.27. The lowest BCUT2D eigenvalue weighted by Gasteiger charge is -2.18. The van der Waals surface area contributed by atoms with Crippen molar-refractivity contribution in [2.24, 2.45) is 0 Å². The van der Waals surface area contributed by atoms with Crippen molar-refractivity contribution in [3.8, 4) is 0 Å². The van der Waals surface area contributed by atoms with E-state index in [1.807, 2.05) is 42.5 Å². The van der Waals surface area contributed by atoms with E-state index in [-0.39, 0.29) is 18.4 Å². The van der Waals surface area contributed by atoms with Crippen LogP contribution in [0.15, 0.2) is 91.0 Å². The first kappa shape index (κ1) is 18.1. The largest absolute Gasteiger partial charge is 0.380 e. The fourth-order valence-corrected chi connectivity index (χ4v) is 4.01. The minimum absolute atomic E-state index is 0.229. The third-order valence-electron chi connectivity index (χ3n) is 5.58. The van der Waals surface area contributed by atoms with Gasteiger partial charge in [-0.05, 0) is 34.7 Å². The molecule has 0 spiro atoms. The van der Waals surface area contributed by atoms with Gasteiger partial charge in [-0.3, -0.25) is 14.5 Å². The molecule has 0 saturated carbocycles. The van der Waals surface area contributed by atoms with Crippen LogP contribution in [0.1, 0.15) is 31.8 Å². The van der Waals surface area contributed by atoms with E-state index in [9.17, 15) is 9.59 Å². The zero-order chi connectivity index (χ0) is 20.5. The molecule has 0 aliphatic carbocycles. The summed E-state index contributed by atoms with van der Waals surface area (Å²) >= 11 is 0. The Morgan fingerprint density at radius 2 is 1.23 bits per heavy atom. The quantitative estimate of drug-likeness (QED) is 0.472. The van der Waals surface area contributed by atoms with Gasteiger partial charge in [-0.2, -0.15) is 0 Å². The summed E-state index contributed by atoms with van der Waals surface area (Å²) in [5.41, 5.74) is 4.04. The molecule has 0 unspecified atom stereocenters. The molecule has 0 aromatic heterocycles. The SMILES string of the molecule is O=C1c2ccccc2C(=O)N1Cc1ccccc1CNc1cccc2ccccc12. The fraction of sp³-hybridized carbons (Fsp3) is 0.0769. The first-order chi connectivity index (χ1) is 14.7. The molecular weight excluding hydrogens is 372 g/mol. The first-order valence-corrected chi connectivity index (χ1v) is 9.96. The van der Waals surface area contributed by atoms with Gasteiger partial charge in [-0.15, -0.1) is 0 Å². The van der Waals surface area contributed by atoms with Gasteiger partial charge >= 0.3 is 0 Å². The zero-order valence-corrected chi connectivity index (χ0v) is 16.3. The highest BCUT2D eigenvalue weighted by Gasteiger charge is 2.35. The van der Waals surface area contributed by atoms with Crippen molar-refractivity contribution in [2.45, 2.75) is 13.1 Å². The number of carbonyl (C=O) groups is 2. The van der Waals surface area contributed by atoms with Gasteiger partial charge in [-0.25, -0.2) is 0 Å². The van der Waals surface area contributed by atoms with Gasteiger partial charge in [0, 0.05) is 17.6 Å². The van der Waals surface area contributed by atoms with Crippen molar-refractivity contribution in [1.82, 2.24) is 4.90 Å². The second kappa shape index (κ2) is 7.48. The maximum absolute atomic E-state index is 12.7. The van der Waals surface area contributed by atoms with E-state index in [0.717, 1.165) is 22.2 Å². The van der Waals surface area contributed by atoms with Crippen LogP contribution in [0, 0.1) is 0 Å². The summed E-state index contributed by atoms with van der Waals surface area (Å²) in [6.07, 6.45) is 0. The number of nitrogens with one attached hydrogen (secondary N) is 1. The minimum atomic E-state index is -0.229. The van der Waals surface area contributed by atoms with Gasteiger partial charge in [0.15, 0.2) is 0 Å². The lowest BCUT2D eigenvalue weighted by atomic mass is 10.1. The lowest BCUT2D eigenvalue weighted by molar-refractivity contribution is 0.0642. The van der Waals surface area contributed by atoms with Gasteiger partial charge in [0.25, 0.3) is 11.8 Å².